The van der Waals surface area contributed by atoms with Crippen LogP contribution in [0.1, 0.15) is 5.56 Å². The summed E-state index contributed by atoms with van der Waals surface area (Å²) in [5, 5.41) is 5.09. The number of aryl methyl sites for hydroxylation is 1. The minimum Gasteiger partial charge on any atom is -0.371 e. The van der Waals surface area contributed by atoms with Crippen molar-refractivity contribution in [3.63, 3.8) is 0 Å². The van der Waals surface area contributed by atoms with Gasteiger partial charge in [-0.15, -0.1) is 0 Å². The molecule has 1 rings (SSSR count). The van der Waals surface area contributed by atoms with E-state index in [1.54, 1.807) is 19.1 Å². The van der Waals surface area contributed by atoms with Crippen LogP contribution in [0.25, 0.3) is 0 Å². The molecule has 1 aromatic carbocycles. The molecule has 0 saturated heterocycles. The zero-order valence-corrected chi connectivity index (χ0v) is 8.39. The molecule has 0 atom stereocenters. The van der Waals surface area contributed by atoms with Crippen molar-refractivity contribution in [1.29, 1.82) is 0 Å². The lowest BCUT2D eigenvalue weighted by Gasteiger charge is -2.05. The van der Waals surface area contributed by atoms with Gasteiger partial charge in [0, 0.05) is 11.1 Å². The maximum atomic E-state index is 10.6. The van der Waals surface area contributed by atoms with Crippen LogP contribution in [0, 0.1) is 6.92 Å². The normalized spacial score (nSPS) is 11.3. The van der Waals surface area contributed by atoms with E-state index in [1.165, 1.54) is 6.07 Å². The van der Waals surface area contributed by atoms with E-state index in [0.29, 0.717) is 10.6 Å². The number of benzene rings is 1. The zero-order valence-electron chi connectivity index (χ0n) is 6.82. The molecule has 0 aromatic heterocycles. The van der Waals surface area contributed by atoms with Crippen LogP contribution in [0.2, 0.25) is 5.02 Å². The Balaban J connectivity index is 3.08. The Morgan fingerprint density at radius 1 is 1.46 bits per heavy atom. The Hall–Kier alpha value is -0.780. The molecule has 4 nitrogen and oxygen atoms in total. The SMILES string of the molecule is Cc1ccc(Cl)cc1OS(N)(=O)=O. The lowest BCUT2D eigenvalue weighted by Crippen LogP contribution is -2.19. The van der Waals surface area contributed by atoms with Gasteiger partial charge in [-0.1, -0.05) is 17.7 Å². The molecule has 0 amide bonds. The molecule has 0 aliphatic rings. The zero-order chi connectivity index (χ0) is 10.1. The van der Waals surface area contributed by atoms with Gasteiger partial charge < -0.3 is 4.18 Å². The van der Waals surface area contributed by atoms with E-state index in [-0.39, 0.29) is 5.75 Å². The molecule has 0 unspecified atom stereocenters. The first-order valence-corrected chi connectivity index (χ1v) is 5.22. The fraction of sp³-hybridized carbons (Fsp3) is 0.143. The van der Waals surface area contributed by atoms with Crippen molar-refractivity contribution in [3.05, 3.63) is 28.8 Å². The highest BCUT2D eigenvalue weighted by Gasteiger charge is 2.07. The first-order chi connectivity index (χ1) is 5.88. The van der Waals surface area contributed by atoms with Crippen LogP contribution in [-0.2, 0) is 10.3 Å². The highest BCUT2D eigenvalue weighted by Crippen LogP contribution is 2.22. The molecule has 2 N–H and O–H groups in total. The van der Waals surface area contributed by atoms with E-state index in [9.17, 15) is 8.42 Å². The third kappa shape index (κ3) is 3.22. The second-order valence-corrected chi connectivity index (χ2v) is 4.07. The van der Waals surface area contributed by atoms with Crippen LogP contribution in [0.5, 0.6) is 5.75 Å². The third-order valence-corrected chi connectivity index (χ3v) is 2.00. The molecule has 0 bridgehead atoms. The van der Waals surface area contributed by atoms with Crippen LogP contribution < -0.4 is 9.32 Å². The molecule has 72 valence electrons. The highest BCUT2D eigenvalue weighted by atomic mass is 35.5. The van der Waals surface area contributed by atoms with E-state index < -0.39 is 10.3 Å². The molecule has 0 radical (unpaired) electrons. The first-order valence-electron chi connectivity index (χ1n) is 3.37. The van der Waals surface area contributed by atoms with Crippen molar-refractivity contribution in [2.75, 3.05) is 0 Å². The Morgan fingerprint density at radius 2 is 2.08 bits per heavy atom. The molecule has 0 fully saturated rings. The summed E-state index contributed by atoms with van der Waals surface area (Å²) in [7, 11) is -3.98. The van der Waals surface area contributed by atoms with Gasteiger partial charge in [-0.2, -0.15) is 13.6 Å². The summed E-state index contributed by atoms with van der Waals surface area (Å²) >= 11 is 5.63. The van der Waals surface area contributed by atoms with Crippen LogP contribution in [-0.4, -0.2) is 8.42 Å². The standard InChI is InChI=1S/C7H8ClNO3S/c1-5-2-3-6(8)4-7(5)12-13(9,10)11/h2-4H,1H3,(H2,9,10,11). The van der Waals surface area contributed by atoms with Gasteiger partial charge in [0.1, 0.15) is 5.75 Å². The summed E-state index contributed by atoms with van der Waals surface area (Å²) in [5.41, 5.74) is 0.651. The maximum Gasteiger partial charge on any atom is 0.380 e. The highest BCUT2D eigenvalue weighted by molar-refractivity contribution is 7.84. The number of hydrogen-bond acceptors (Lipinski definition) is 3. The average molecular weight is 222 g/mol. The van der Waals surface area contributed by atoms with Crippen LogP contribution in [0.3, 0.4) is 0 Å². The van der Waals surface area contributed by atoms with Crippen molar-refractivity contribution in [3.8, 4) is 5.75 Å². The lowest BCUT2D eigenvalue weighted by molar-refractivity contribution is 0.486. The van der Waals surface area contributed by atoms with Gasteiger partial charge in [0.25, 0.3) is 0 Å². The topological polar surface area (TPSA) is 69.4 Å². The van der Waals surface area contributed by atoms with Crippen LogP contribution in [0.15, 0.2) is 18.2 Å². The summed E-state index contributed by atoms with van der Waals surface area (Å²) in [4.78, 5) is 0. The predicted octanol–water partition coefficient (Wildman–Crippen LogP) is 1.23. The van der Waals surface area contributed by atoms with Gasteiger partial charge in [-0.05, 0) is 18.6 Å². The minimum absolute atomic E-state index is 0.148. The molecule has 6 heteroatoms. The van der Waals surface area contributed by atoms with Crippen LogP contribution in [0.4, 0.5) is 0 Å². The Morgan fingerprint density at radius 3 is 2.62 bits per heavy atom. The van der Waals surface area contributed by atoms with E-state index >= 15 is 0 Å². The number of halogens is 1. The third-order valence-electron chi connectivity index (χ3n) is 1.36. The van der Waals surface area contributed by atoms with Gasteiger partial charge >= 0.3 is 10.3 Å². The molecular formula is C7H8ClNO3S. The molecule has 13 heavy (non-hydrogen) atoms. The number of rotatable bonds is 2. The molecule has 0 saturated carbocycles. The maximum absolute atomic E-state index is 10.6. The molecule has 0 aliphatic carbocycles. The molecule has 1 aromatic rings. The van der Waals surface area contributed by atoms with Gasteiger partial charge in [0.15, 0.2) is 0 Å². The largest absolute Gasteiger partial charge is 0.380 e. The van der Waals surface area contributed by atoms with Gasteiger partial charge in [0.05, 0.1) is 0 Å². The number of hydrogen-bond donors (Lipinski definition) is 1. The van der Waals surface area contributed by atoms with Gasteiger partial charge in [0.2, 0.25) is 0 Å². The fourth-order valence-corrected chi connectivity index (χ4v) is 1.38. The molecule has 0 spiro atoms. The Bertz CT molecular complexity index is 416. The number of nitrogens with two attached hydrogens (primary N) is 1. The first kappa shape index (κ1) is 10.3. The summed E-state index contributed by atoms with van der Waals surface area (Å²) in [6.07, 6.45) is 0. The monoisotopic (exact) mass is 221 g/mol. The lowest BCUT2D eigenvalue weighted by atomic mass is 10.2. The summed E-state index contributed by atoms with van der Waals surface area (Å²) in [6, 6.07) is 4.66. The fourth-order valence-electron chi connectivity index (χ4n) is 0.789. The van der Waals surface area contributed by atoms with Crippen molar-refractivity contribution in [2.24, 2.45) is 5.14 Å². The second kappa shape index (κ2) is 3.53. The van der Waals surface area contributed by atoms with Crippen molar-refractivity contribution < 1.29 is 12.6 Å². The average Bonchev–Trinajstić information content (AvgIpc) is 1.94. The Labute approximate surface area is 81.5 Å². The minimum atomic E-state index is -3.98. The summed E-state index contributed by atoms with van der Waals surface area (Å²) in [5.74, 6) is 0.148. The predicted molar refractivity (Wildman–Crippen MR) is 49.9 cm³/mol. The van der Waals surface area contributed by atoms with Crippen LogP contribution >= 0.6 is 11.6 Å². The van der Waals surface area contributed by atoms with E-state index in [0.717, 1.165) is 0 Å². The molecular weight excluding hydrogens is 214 g/mol. The second-order valence-electron chi connectivity index (χ2n) is 2.49. The van der Waals surface area contributed by atoms with Crippen molar-refractivity contribution >= 4 is 21.9 Å². The van der Waals surface area contributed by atoms with E-state index in [1.807, 2.05) is 0 Å². The quantitative estimate of drug-likeness (QED) is 0.817. The van der Waals surface area contributed by atoms with E-state index in [4.69, 9.17) is 16.7 Å². The van der Waals surface area contributed by atoms with Gasteiger partial charge in [-0.3, -0.25) is 0 Å². The smallest absolute Gasteiger partial charge is 0.371 e. The molecule has 0 aliphatic heterocycles. The van der Waals surface area contributed by atoms with E-state index in [2.05, 4.69) is 4.18 Å². The van der Waals surface area contributed by atoms with Crippen molar-refractivity contribution in [2.45, 2.75) is 6.92 Å². The summed E-state index contributed by atoms with van der Waals surface area (Å²) in [6.45, 7) is 1.69. The summed E-state index contributed by atoms with van der Waals surface area (Å²) < 4.78 is 25.6. The Kier molecular flexibility index (Phi) is 2.80. The molecule has 0 heterocycles. The van der Waals surface area contributed by atoms with Gasteiger partial charge in [-0.25, -0.2) is 0 Å². The van der Waals surface area contributed by atoms with Crippen molar-refractivity contribution in [1.82, 2.24) is 0 Å².